The van der Waals surface area contributed by atoms with E-state index in [2.05, 4.69) is 9.88 Å². The molecule has 0 bridgehead atoms. The molecule has 35 heavy (non-hydrogen) atoms. The van der Waals surface area contributed by atoms with Gasteiger partial charge < -0.3 is 9.64 Å². The Morgan fingerprint density at radius 3 is 2.40 bits per heavy atom. The van der Waals surface area contributed by atoms with Crippen LogP contribution in [-0.4, -0.2) is 59.9 Å². The SMILES string of the molecule is O=C(CCC(F)(F)F)CC1CCC(F)(CCN2CCc3ccc(OCC(F)(F)F)nc3CC2)CC1. The normalized spacial score (nSPS) is 24.0. The van der Waals surface area contributed by atoms with E-state index < -0.39 is 43.3 Å². The predicted octanol–water partition coefficient (Wildman–Crippen LogP) is 6.01. The highest BCUT2D eigenvalue weighted by atomic mass is 19.4. The largest absolute Gasteiger partial charge is 0.468 e. The number of hydrogen-bond donors (Lipinski definition) is 0. The third-order valence-electron chi connectivity index (χ3n) is 6.87. The van der Waals surface area contributed by atoms with Gasteiger partial charge in [-0.05, 0) is 50.0 Å². The van der Waals surface area contributed by atoms with E-state index in [1.165, 1.54) is 6.07 Å². The highest BCUT2D eigenvalue weighted by Crippen LogP contribution is 2.39. The monoisotopic (exact) mass is 512 g/mol. The van der Waals surface area contributed by atoms with Crippen molar-refractivity contribution in [2.45, 2.75) is 82.2 Å². The van der Waals surface area contributed by atoms with Crippen molar-refractivity contribution in [3.05, 3.63) is 23.4 Å². The number of pyridine rings is 1. The average molecular weight is 513 g/mol. The van der Waals surface area contributed by atoms with Gasteiger partial charge >= 0.3 is 12.4 Å². The summed E-state index contributed by atoms with van der Waals surface area (Å²) < 4.78 is 94.0. The standard InChI is InChI=1S/C24H31F7N2O2/c25-22(8-3-17(4-9-22)15-19(34)5-10-23(26,27)28)11-14-33-12-6-18-1-2-21(32-20(18)7-13-33)35-16-24(29,30)31/h1-2,17H,3-16H2. The van der Waals surface area contributed by atoms with Crippen LogP contribution in [0.1, 0.15) is 62.6 Å². The van der Waals surface area contributed by atoms with Gasteiger partial charge in [-0.15, -0.1) is 0 Å². The van der Waals surface area contributed by atoms with Crippen LogP contribution in [0.2, 0.25) is 0 Å². The number of nitrogens with zero attached hydrogens (tertiary/aromatic N) is 2. The summed E-state index contributed by atoms with van der Waals surface area (Å²) in [4.78, 5) is 18.2. The summed E-state index contributed by atoms with van der Waals surface area (Å²) in [7, 11) is 0. The first-order valence-electron chi connectivity index (χ1n) is 12.0. The summed E-state index contributed by atoms with van der Waals surface area (Å²) in [5.74, 6) is -0.540. The minimum atomic E-state index is -4.44. The number of halogens is 7. The van der Waals surface area contributed by atoms with Crippen molar-refractivity contribution in [3.63, 3.8) is 0 Å². The van der Waals surface area contributed by atoms with E-state index in [0.717, 1.165) is 5.56 Å². The Balaban J connectivity index is 1.41. The second kappa shape index (κ2) is 11.4. The Morgan fingerprint density at radius 1 is 1.06 bits per heavy atom. The molecule has 0 unspecified atom stereocenters. The molecule has 1 saturated carbocycles. The van der Waals surface area contributed by atoms with Crippen LogP contribution < -0.4 is 4.74 Å². The van der Waals surface area contributed by atoms with Gasteiger partial charge in [-0.25, -0.2) is 9.37 Å². The molecule has 0 radical (unpaired) electrons. The molecule has 0 saturated heterocycles. The molecule has 0 amide bonds. The highest BCUT2D eigenvalue weighted by molar-refractivity contribution is 5.78. The molecule has 0 aromatic carbocycles. The average Bonchev–Trinajstić information content (AvgIpc) is 2.98. The maximum atomic E-state index is 15.4. The van der Waals surface area contributed by atoms with Crippen LogP contribution in [-0.2, 0) is 17.6 Å². The molecule has 198 valence electrons. The molecular formula is C24H31F7N2O2. The van der Waals surface area contributed by atoms with Crippen LogP contribution in [0.4, 0.5) is 30.7 Å². The number of hydrogen-bond acceptors (Lipinski definition) is 4. The van der Waals surface area contributed by atoms with Crippen molar-refractivity contribution >= 4 is 5.78 Å². The van der Waals surface area contributed by atoms with Crippen LogP contribution in [0.15, 0.2) is 12.1 Å². The summed E-state index contributed by atoms with van der Waals surface area (Å²) in [6, 6.07) is 3.16. The molecule has 3 rings (SSSR count). The lowest BCUT2D eigenvalue weighted by Gasteiger charge is -2.35. The molecule has 1 aliphatic heterocycles. The summed E-state index contributed by atoms with van der Waals surface area (Å²) >= 11 is 0. The number of fused-ring (bicyclic) bond motifs is 1. The Morgan fingerprint density at radius 2 is 1.74 bits per heavy atom. The number of carbonyl (C=O) groups is 1. The van der Waals surface area contributed by atoms with Crippen molar-refractivity contribution in [3.8, 4) is 5.88 Å². The minimum absolute atomic E-state index is 0.0628. The van der Waals surface area contributed by atoms with Crippen LogP contribution in [0.5, 0.6) is 5.88 Å². The molecule has 0 N–H and O–H groups in total. The third kappa shape index (κ3) is 9.57. The van der Waals surface area contributed by atoms with E-state index in [0.29, 0.717) is 70.3 Å². The second-order valence-electron chi connectivity index (χ2n) is 9.70. The fourth-order valence-corrected chi connectivity index (χ4v) is 4.78. The van der Waals surface area contributed by atoms with Gasteiger partial charge in [0.15, 0.2) is 6.61 Å². The quantitative estimate of drug-likeness (QED) is 0.380. The Labute approximate surface area is 200 Å². The number of aromatic nitrogens is 1. The van der Waals surface area contributed by atoms with E-state index in [1.807, 2.05) is 0 Å². The minimum Gasteiger partial charge on any atom is -0.468 e. The van der Waals surface area contributed by atoms with Crippen LogP contribution >= 0.6 is 0 Å². The number of ether oxygens (including phenoxy) is 1. The molecule has 1 aliphatic carbocycles. The lowest BCUT2D eigenvalue weighted by atomic mass is 9.76. The molecule has 1 aromatic rings. The zero-order valence-electron chi connectivity index (χ0n) is 19.5. The Bertz CT molecular complexity index is 849. The Kier molecular flexibility index (Phi) is 9.04. The maximum Gasteiger partial charge on any atom is 0.422 e. The van der Waals surface area contributed by atoms with Crippen molar-refractivity contribution in [2.75, 3.05) is 26.2 Å². The van der Waals surface area contributed by atoms with Crippen LogP contribution in [0, 0.1) is 5.92 Å². The molecule has 2 aliphatic rings. The molecule has 11 heteroatoms. The van der Waals surface area contributed by atoms with E-state index in [-0.39, 0.29) is 18.2 Å². The van der Waals surface area contributed by atoms with E-state index in [4.69, 9.17) is 4.74 Å². The van der Waals surface area contributed by atoms with Crippen molar-refractivity contribution < 1.29 is 40.3 Å². The van der Waals surface area contributed by atoms with Gasteiger partial charge in [0.25, 0.3) is 0 Å². The van der Waals surface area contributed by atoms with Crippen molar-refractivity contribution in [1.29, 1.82) is 0 Å². The van der Waals surface area contributed by atoms with Gasteiger partial charge in [0.05, 0.1) is 6.42 Å². The topological polar surface area (TPSA) is 42.4 Å². The summed E-state index contributed by atoms with van der Waals surface area (Å²) in [5.41, 5.74) is 0.275. The molecule has 1 aromatic heterocycles. The summed E-state index contributed by atoms with van der Waals surface area (Å²) in [5, 5.41) is 0. The van der Waals surface area contributed by atoms with E-state index in [9.17, 15) is 31.1 Å². The lowest BCUT2D eigenvalue weighted by molar-refractivity contribution is -0.154. The third-order valence-corrected chi connectivity index (χ3v) is 6.87. The number of carbonyl (C=O) groups excluding carboxylic acids is 1. The zero-order chi connectivity index (χ0) is 25.7. The fourth-order valence-electron chi connectivity index (χ4n) is 4.78. The van der Waals surface area contributed by atoms with Gasteiger partial charge in [-0.2, -0.15) is 26.3 Å². The molecular weight excluding hydrogens is 481 g/mol. The number of Topliss-reactive ketones (excluding diaryl/α,β-unsaturated/α-hetero) is 1. The first-order chi connectivity index (χ1) is 16.3. The maximum absolute atomic E-state index is 15.4. The molecule has 0 atom stereocenters. The van der Waals surface area contributed by atoms with Gasteiger partial charge in [0.2, 0.25) is 5.88 Å². The summed E-state index contributed by atoms with van der Waals surface area (Å²) in [6.45, 7) is 0.419. The highest BCUT2D eigenvalue weighted by Gasteiger charge is 2.36. The first kappa shape index (κ1) is 27.7. The number of alkyl halides is 7. The van der Waals surface area contributed by atoms with Crippen LogP contribution in [0.25, 0.3) is 0 Å². The van der Waals surface area contributed by atoms with Gasteiger partial charge in [0.1, 0.15) is 11.5 Å². The zero-order valence-corrected chi connectivity index (χ0v) is 19.5. The number of ketones is 1. The molecule has 1 fully saturated rings. The predicted molar refractivity (Wildman–Crippen MR) is 115 cm³/mol. The second-order valence-corrected chi connectivity index (χ2v) is 9.70. The smallest absolute Gasteiger partial charge is 0.422 e. The van der Waals surface area contributed by atoms with Crippen molar-refractivity contribution in [1.82, 2.24) is 9.88 Å². The van der Waals surface area contributed by atoms with Crippen LogP contribution in [0.3, 0.4) is 0 Å². The van der Waals surface area contributed by atoms with E-state index in [1.54, 1.807) is 6.07 Å². The van der Waals surface area contributed by atoms with Crippen molar-refractivity contribution in [2.24, 2.45) is 5.92 Å². The molecule has 4 nitrogen and oxygen atoms in total. The Hall–Kier alpha value is -1.91. The first-order valence-corrected chi connectivity index (χ1v) is 12.0. The number of rotatable bonds is 9. The van der Waals surface area contributed by atoms with Gasteiger partial charge in [-0.3, -0.25) is 4.79 Å². The molecule has 0 spiro atoms. The molecule has 2 heterocycles. The van der Waals surface area contributed by atoms with Gasteiger partial charge in [0, 0.05) is 50.7 Å². The van der Waals surface area contributed by atoms with Gasteiger partial charge in [-0.1, -0.05) is 6.07 Å². The summed E-state index contributed by atoms with van der Waals surface area (Å²) in [6.07, 6.45) is -7.24. The fraction of sp³-hybridized carbons (Fsp3) is 0.750. The lowest BCUT2D eigenvalue weighted by Crippen LogP contribution is -2.36. The van der Waals surface area contributed by atoms with E-state index >= 15 is 4.39 Å².